The maximum atomic E-state index is 5.64. The van der Waals surface area contributed by atoms with E-state index >= 15 is 0 Å². The Kier molecular flexibility index (Phi) is 9.10. The van der Waals surface area contributed by atoms with Crippen molar-refractivity contribution in [3.05, 3.63) is 51.4 Å². The fraction of sp³-hybridized carbons (Fsp3) is 0.529. The van der Waals surface area contributed by atoms with Gasteiger partial charge >= 0.3 is 0 Å². The first-order chi connectivity index (χ1) is 9.89. The smallest absolute Gasteiger partial charge is 0.174 e. The van der Waals surface area contributed by atoms with Gasteiger partial charge in [-0.3, -0.25) is 0 Å². The SMILES string of the molecule is C=COC[C@@H](OC=C)[C@@H](OC=C)C(CC(C)(C)C)OC=C. The van der Waals surface area contributed by atoms with Crippen LogP contribution >= 0.6 is 0 Å². The van der Waals surface area contributed by atoms with Gasteiger partial charge in [-0.25, -0.2) is 0 Å². The molecule has 0 saturated carbocycles. The topological polar surface area (TPSA) is 36.9 Å². The molecule has 3 atom stereocenters. The molecule has 0 aromatic heterocycles. The van der Waals surface area contributed by atoms with Crippen molar-refractivity contribution in [2.45, 2.75) is 45.5 Å². The van der Waals surface area contributed by atoms with E-state index in [-0.39, 0.29) is 18.1 Å². The summed E-state index contributed by atoms with van der Waals surface area (Å²) >= 11 is 0. The lowest BCUT2D eigenvalue weighted by Gasteiger charge is -2.34. The highest BCUT2D eigenvalue weighted by atomic mass is 16.6. The quantitative estimate of drug-likeness (QED) is 0.507. The van der Waals surface area contributed by atoms with E-state index in [1.165, 1.54) is 25.0 Å². The second-order valence-corrected chi connectivity index (χ2v) is 5.71. The predicted molar refractivity (Wildman–Crippen MR) is 85.4 cm³/mol. The molecule has 0 spiro atoms. The van der Waals surface area contributed by atoms with Gasteiger partial charge in [-0.15, -0.1) is 0 Å². The second kappa shape index (κ2) is 9.97. The molecule has 4 nitrogen and oxygen atoms in total. The summed E-state index contributed by atoms with van der Waals surface area (Å²) in [5.74, 6) is 0. The van der Waals surface area contributed by atoms with E-state index in [1.807, 2.05) is 0 Å². The lowest BCUT2D eigenvalue weighted by Crippen LogP contribution is -2.44. The molecule has 0 N–H and O–H groups in total. The van der Waals surface area contributed by atoms with E-state index in [9.17, 15) is 0 Å². The highest BCUT2D eigenvalue weighted by Gasteiger charge is 2.36. The first kappa shape index (κ1) is 19.2. The van der Waals surface area contributed by atoms with Crippen molar-refractivity contribution in [1.29, 1.82) is 0 Å². The molecule has 120 valence electrons. The summed E-state index contributed by atoms with van der Waals surface area (Å²) in [5, 5.41) is 0. The Bertz CT molecular complexity index is 330. The van der Waals surface area contributed by atoms with Crippen LogP contribution < -0.4 is 0 Å². The van der Waals surface area contributed by atoms with Crippen molar-refractivity contribution in [3.63, 3.8) is 0 Å². The summed E-state index contributed by atoms with van der Waals surface area (Å²) < 4.78 is 22.0. The zero-order chi connectivity index (χ0) is 16.3. The van der Waals surface area contributed by atoms with E-state index in [1.54, 1.807) is 0 Å². The molecule has 0 aliphatic heterocycles. The maximum absolute atomic E-state index is 5.64. The Hall–Kier alpha value is -1.84. The third-order valence-corrected chi connectivity index (χ3v) is 2.72. The zero-order valence-electron chi connectivity index (χ0n) is 13.4. The molecule has 4 heteroatoms. The number of hydrogen-bond acceptors (Lipinski definition) is 4. The predicted octanol–water partition coefficient (Wildman–Crippen LogP) is 4.17. The molecule has 0 amide bonds. The molecule has 0 fully saturated rings. The summed E-state index contributed by atoms with van der Waals surface area (Å²) in [6, 6.07) is 0. The molecule has 0 bridgehead atoms. The van der Waals surface area contributed by atoms with Crippen LogP contribution in [0.2, 0.25) is 0 Å². The number of ether oxygens (including phenoxy) is 4. The van der Waals surface area contributed by atoms with Gasteiger partial charge in [0.2, 0.25) is 0 Å². The van der Waals surface area contributed by atoms with Gasteiger partial charge in [-0.2, -0.15) is 0 Å². The van der Waals surface area contributed by atoms with Gasteiger partial charge in [0.15, 0.2) is 12.2 Å². The molecular weight excluding hydrogens is 268 g/mol. The number of hydrogen-bond donors (Lipinski definition) is 0. The van der Waals surface area contributed by atoms with Crippen LogP contribution in [-0.4, -0.2) is 24.9 Å². The minimum atomic E-state index is -0.405. The highest BCUT2D eigenvalue weighted by molar-refractivity contribution is 4.87. The maximum Gasteiger partial charge on any atom is 0.174 e. The van der Waals surface area contributed by atoms with Gasteiger partial charge in [-0.1, -0.05) is 47.1 Å². The van der Waals surface area contributed by atoms with E-state index in [0.29, 0.717) is 0 Å². The second-order valence-electron chi connectivity index (χ2n) is 5.71. The van der Waals surface area contributed by atoms with Crippen LogP contribution in [0.5, 0.6) is 0 Å². The summed E-state index contributed by atoms with van der Waals surface area (Å²) in [4.78, 5) is 0. The Morgan fingerprint density at radius 3 is 1.76 bits per heavy atom. The molecule has 0 rings (SSSR count). The van der Waals surface area contributed by atoms with E-state index in [2.05, 4.69) is 47.1 Å². The van der Waals surface area contributed by atoms with Gasteiger partial charge < -0.3 is 18.9 Å². The summed E-state index contributed by atoms with van der Waals surface area (Å²) in [6.45, 7) is 21.0. The molecule has 0 saturated heterocycles. The average Bonchev–Trinajstić information content (AvgIpc) is 2.39. The van der Waals surface area contributed by atoms with Gasteiger partial charge in [-0.05, 0) is 11.8 Å². The first-order valence-electron chi connectivity index (χ1n) is 6.91. The summed E-state index contributed by atoms with van der Waals surface area (Å²) in [7, 11) is 0. The molecule has 0 aliphatic rings. The van der Waals surface area contributed by atoms with E-state index < -0.39 is 12.2 Å². The molecule has 0 aliphatic carbocycles. The molecule has 1 unspecified atom stereocenters. The zero-order valence-corrected chi connectivity index (χ0v) is 13.4. The van der Waals surface area contributed by atoms with E-state index in [0.717, 1.165) is 6.42 Å². The van der Waals surface area contributed by atoms with Crippen LogP contribution in [-0.2, 0) is 18.9 Å². The van der Waals surface area contributed by atoms with Crippen LogP contribution in [0, 0.1) is 5.41 Å². The van der Waals surface area contributed by atoms with Crippen LogP contribution in [0.4, 0.5) is 0 Å². The fourth-order valence-corrected chi connectivity index (χ4v) is 1.99. The first-order valence-corrected chi connectivity index (χ1v) is 6.91. The van der Waals surface area contributed by atoms with Gasteiger partial charge in [0, 0.05) is 0 Å². The van der Waals surface area contributed by atoms with Crippen molar-refractivity contribution >= 4 is 0 Å². The van der Waals surface area contributed by atoms with Crippen molar-refractivity contribution in [2.75, 3.05) is 6.61 Å². The minimum absolute atomic E-state index is 0.0501. The van der Waals surface area contributed by atoms with Crippen molar-refractivity contribution < 1.29 is 18.9 Å². The van der Waals surface area contributed by atoms with Crippen molar-refractivity contribution in [3.8, 4) is 0 Å². The van der Waals surface area contributed by atoms with Gasteiger partial charge in [0.25, 0.3) is 0 Å². The van der Waals surface area contributed by atoms with Crippen LogP contribution in [0.15, 0.2) is 51.4 Å². The lowest BCUT2D eigenvalue weighted by molar-refractivity contribution is -0.0996. The normalized spacial score (nSPS) is 15.0. The third-order valence-electron chi connectivity index (χ3n) is 2.72. The Morgan fingerprint density at radius 1 is 0.810 bits per heavy atom. The standard InChI is InChI=1S/C17H28O4/c1-8-18-13-15(20-10-3)16(21-11-4)14(19-9-2)12-17(5,6)7/h8-11,14-16H,1-4,12-13H2,5-7H3/t14?,15-,16+/m1/s1. The number of rotatable bonds is 12. The summed E-state index contributed by atoms with van der Waals surface area (Å²) in [5.41, 5.74) is 0.0501. The molecule has 21 heavy (non-hydrogen) atoms. The van der Waals surface area contributed by atoms with Crippen LogP contribution in [0.25, 0.3) is 0 Å². The molecule has 0 radical (unpaired) electrons. The summed E-state index contributed by atoms with van der Waals surface area (Å²) in [6.07, 6.45) is 5.20. The monoisotopic (exact) mass is 296 g/mol. The van der Waals surface area contributed by atoms with Crippen molar-refractivity contribution in [2.24, 2.45) is 5.41 Å². The highest BCUT2D eigenvalue weighted by Crippen LogP contribution is 2.27. The molecule has 0 heterocycles. The fourth-order valence-electron chi connectivity index (χ4n) is 1.99. The van der Waals surface area contributed by atoms with Crippen LogP contribution in [0.1, 0.15) is 27.2 Å². The Morgan fingerprint density at radius 2 is 1.33 bits per heavy atom. The van der Waals surface area contributed by atoms with Crippen LogP contribution in [0.3, 0.4) is 0 Å². The largest absolute Gasteiger partial charge is 0.498 e. The van der Waals surface area contributed by atoms with E-state index in [4.69, 9.17) is 18.9 Å². The molecule has 0 aromatic rings. The minimum Gasteiger partial charge on any atom is -0.498 e. The average molecular weight is 296 g/mol. The molecular formula is C17H28O4. The van der Waals surface area contributed by atoms with Gasteiger partial charge in [0.05, 0.1) is 25.0 Å². The lowest BCUT2D eigenvalue weighted by atomic mass is 9.86. The van der Waals surface area contributed by atoms with Gasteiger partial charge in [0.1, 0.15) is 12.7 Å². The van der Waals surface area contributed by atoms with Crippen molar-refractivity contribution in [1.82, 2.24) is 0 Å². The Balaban J connectivity index is 5.19. The Labute approximate surface area is 128 Å². The molecule has 0 aromatic carbocycles. The third kappa shape index (κ3) is 8.12.